The summed E-state index contributed by atoms with van der Waals surface area (Å²) in [6.07, 6.45) is 0. The molecule has 3 rings (SSSR count). The van der Waals surface area contributed by atoms with Gasteiger partial charge in [0.2, 0.25) is 5.91 Å². The van der Waals surface area contributed by atoms with E-state index in [1.54, 1.807) is 30.3 Å². The minimum absolute atomic E-state index is 0.139. The number of hydrogen-bond donors (Lipinski definition) is 3. The monoisotopic (exact) mass is 414 g/mol. The van der Waals surface area contributed by atoms with Crippen LogP contribution in [0.1, 0.15) is 24.2 Å². The average molecular weight is 415 g/mol. The number of benzene rings is 2. The van der Waals surface area contributed by atoms with Gasteiger partial charge in [-0.05, 0) is 61.6 Å². The number of thiazole rings is 1. The number of nitrogens with one attached hydrogen (secondary N) is 3. The molecule has 0 aliphatic rings. The van der Waals surface area contributed by atoms with Crippen molar-refractivity contribution < 1.29 is 14.3 Å². The van der Waals surface area contributed by atoms with Gasteiger partial charge in [-0.25, -0.2) is 4.98 Å². The Balaban J connectivity index is 1.63. The SMILES string of the molecule is CCOc1ccc(C(=O)NC(=S)Nc2nc3ccc(NC(C)=O)cc3s2)cc1. The van der Waals surface area contributed by atoms with E-state index in [0.717, 1.165) is 10.2 Å². The third kappa shape index (κ3) is 5.02. The van der Waals surface area contributed by atoms with Crippen LogP contribution in [0.25, 0.3) is 10.2 Å². The molecular weight excluding hydrogens is 396 g/mol. The van der Waals surface area contributed by atoms with Crippen LogP contribution in [0.2, 0.25) is 0 Å². The van der Waals surface area contributed by atoms with Crippen LogP contribution in [-0.2, 0) is 4.79 Å². The maximum Gasteiger partial charge on any atom is 0.257 e. The summed E-state index contributed by atoms with van der Waals surface area (Å²) in [5.74, 6) is 0.239. The molecule has 0 bridgehead atoms. The molecule has 0 spiro atoms. The van der Waals surface area contributed by atoms with E-state index in [2.05, 4.69) is 20.9 Å². The Morgan fingerprint density at radius 2 is 1.89 bits per heavy atom. The standard InChI is InChI=1S/C19H18N4O3S2/c1-3-26-14-7-4-12(5-8-14)17(25)22-18(27)23-19-21-15-9-6-13(20-11(2)24)10-16(15)28-19/h4-10H,3H2,1-2H3,(H,20,24)(H2,21,22,23,25,27). The fourth-order valence-corrected chi connectivity index (χ4v) is 3.60. The van der Waals surface area contributed by atoms with Gasteiger partial charge in [-0.15, -0.1) is 0 Å². The van der Waals surface area contributed by atoms with E-state index in [-0.39, 0.29) is 16.9 Å². The van der Waals surface area contributed by atoms with Gasteiger partial charge in [-0.1, -0.05) is 11.3 Å². The number of ether oxygens (including phenoxy) is 1. The molecule has 2 aromatic carbocycles. The quantitative estimate of drug-likeness (QED) is 0.550. The van der Waals surface area contributed by atoms with Crippen molar-refractivity contribution >= 4 is 61.5 Å². The normalized spacial score (nSPS) is 10.4. The number of fused-ring (bicyclic) bond motifs is 1. The molecule has 144 valence electrons. The Bertz CT molecular complexity index is 1030. The van der Waals surface area contributed by atoms with Crippen LogP contribution in [0.5, 0.6) is 5.75 Å². The summed E-state index contributed by atoms with van der Waals surface area (Å²) in [6.45, 7) is 3.91. The lowest BCUT2D eigenvalue weighted by molar-refractivity contribution is -0.114. The first-order valence-electron chi connectivity index (χ1n) is 8.48. The molecule has 0 atom stereocenters. The number of aromatic nitrogens is 1. The molecule has 0 unspecified atom stereocenters. The Kier molecular flexibility index (Phi) is 6.17. The molecule has 2 amide bonds. The smallest absolute Gasteiger partial charge is 0.257 e. The number of rotatable bonds is 5. The summed E-state index contributed by atoms with van der Waals surface area (Å²) < 4.78 is 6.24. The minimum atomic E-state index is -0.324. The van der Waals surface area contributed by atoms with Gasteiger partial charge in [-0.3, -0.25) is 14.9 Å². The fourth-order valence-electron chi connectivity index (χ4n) is 2.43. The van der Waals surface area contributed by atoms with Crippen molar-refractivity contribution in [2.75, 3.05) is 17.2 Å². The highest BCUT2D eigenvalue weighted by atomic mass is 32.1. The van der Waals surface area contributed by atoms with Gasteiger partial charge < -0.3 is 15.4 Å². The molecule has 0 aliphatic carbocycles. The highest BCUT2D eigenvalue weighted by Crippen LogP contribution is 2.28. The van der Waals surface area contributed by atoms with Crippen molar-refractivity contribution in [1.29, 1.82) is 0 Å². The Hall–Kier alpha value is -3.04. The largest absolute Gasteiger partial charge is 0.494 e. The summed E-state index contributed by atoms with van der Waals surface area (Å²) in [6, 6.07) is 12.2. The van der Waals surface area contributed by atoms with Gasteiger partial charge in [0.1, 0.15) is 5.75 Å². The summed E-state index contributed by atoms with van der Waals surface area (Å²) in [5.41, 5.74) is 1.93. The first-order valence-corrected chi connectivity index (χ1v) is 9.70. The number of anilines is 2. The summed E-state index contributed by atoms with van der Waals surface area (Å²) in [4.78, 5) is 27.9. The molecule has 1 aromatic heterocycles. The lowest BCUT2D eigenvalue weighted by atomic mass is 10.2. The third-order valence-corrected chi connectivity index (χ3v) is 4.72. The van der Waals surface area contributed by atoms with Gasteiger partial charge >= 0.3 is 0 Å². The highest BCUT2D eigenvalue weighted by molar-refractivity contribution is 7.80. The van der Waals surface area contributed by atoms with Gasteiger partial charge in [0.05, 0.1) is 16.8 Å². The van der Waals surface area contributed by atoms with Crippen molar-refractivity contribution in [3.8, 4) is 5.75 Å². The molecule has 9 heteroatoms. The van der Waals surface area contributed by atoms with Crippen LogP contribution < -0.4 is 20.7 Å². The number of amides is 2. The van der Waals surface area contributed by atoms with Crippen molar-refractivity contribution in [1.82, 2.24) is 10.3 Å². The van der Waals surface area contributed by atoms with Crippen LogP contribution in [-0.4, -0.2) is 28.5 Å². The zero-order valence-electron chi connectivity index (χ0n) is 15.2. The number of thiocarbonyl (C=S) groups is 1. The van der Waals surface area contributed by atoms with E-state index in [0.29, 0.717) is 28.7 Å². The molecule has 0 fully saturated rings. The average Bonchev–Trinajstić information content (AvgIpc) is 3.03. The summed E-state index contributed by atoms with van der Waals surface area (Å²) in [5, 5.41) is 8.98. The zero-order valence-corrected chi connectivity index (χ0v) is 16.9. The zero-order chi connectivity index (χ0) is 20.1. The molecule has 1 heterocycles. The third-order valence-electron chi connectivity index (χ3n) is 3.58. The maximum atomic E-state index is 12.3. The Labute approximate surface area is 171 Å². The van der Waals surface area contributed by atoms with Crippen LogP contribution >= 0.6 is 23.6 Å². The van der Waals surface area contributed by atoms with Crippen molar-refractivity contribution in [2.45, 2.75) is 13.8 Å². The second kappa shape index (κ2) is 8.77. The molecule has 0 saturated carbocycles. The first kappa shape index (κ1) is 19.7. The van der Waals surface area contributed by atoms with Crippen LogP contribution in [0.4, 0.5) is 10.8 Å². The second-order valence-corrected chi connectivity index (χ2v) is 7.19. The molecule has 28 heavy (non-hydrogen) atoms. The molecule has 3 N–H and O–H groups in total. The maximum absolute atomic E-state index is 12.3. The first-order chi connectivity index (χ1) is 13.4. The molecule has 7 nitrogen and oxygen atoms in total. The van der Waals surface area contributed by atoms with Gasteiger partial charge in [0.15, 0.2) is 10.2 Å². The van der Waals surface area contributed by atoms with Crippen molar-refractivity contribution in [3.63, 3.8) is 0 Å². The summed E-state index contributed by atoms with van der Waals surface area (Å²) >= 11 is 6.58. The van der Waals surface area contributed by atoms with E-state index < -0.39 is 0 Å². The van der Waals surface area contributed by atoms with E-state index >= 15 is 0 Å². The molecule has 0 saturated heterocycles. The lowest BCUT2D eigenvalue weighted by Gasteiger charge is -2.08. The number of nitrogens with zero attached hydrogens (tertiary/aromatic N) is 1. The molecule has 3 aromatic rings. The Morgan fingerprint density at radius 1 is 1.14 bits per heavy atom. The van der Waals surface area contributed by atoms with Gasteiger partial charge in [-0.2, -0.15) is 0 Å². The van der Waals surface area contributed by atoms with Crippen LogP contribution in [0.15, 0.2) is 42.5 Å². The van der Waals surface area contributed by atoms with Crippen LogP contribution in [0, 0.1) is 0 Å². The van der Waals surface area contributed by atoms with Gasteiger partial charge in [0, 0.05) is 18.2 Å². The predicted molar refractivity (Wildman–Crippen MR) is 115 cm³/mol. The molecule has 0 radical (unpaired) electrons. The Morgan fingerprint density at radius 3 is 2.57 bits per heavy atom. The molecular formula is C19H18N4O3S2. The lowest BCUT2D eigenvalue weighted by Crippen LogP contribution is -2.34. The molecule has 0 aliphatic heterocycles. The second-order valence-electron chi connectivity index (χ2n) is 5.75. The van der Waals surface area contributed by atoms with E-state index in [4.69, 9.17) is 17.0 Å². The van der Waals surface area contributed by atoms with Gasteiger partial charge in [0.25, 0.3) is 5.91 Å². The van der Waals surface area contributed by atoms with Crippen molar-refractivity contribution in [2.24, 2.45) is 0 Å². The topological polar surface area (TPSA) is 92.3 Å². The van der Waals surface area contributed by atoms with Crippen LogP contribution in [0.3, 0.4) is 0 Å². The number of carbonyl (C=O) groups excluding carboxylic acids is 2. The highest BCUT2D eigenvalue weighted by Gasteiger charge is 2.11. The minimum Gasteiger partial charge on any atom is -0.494 e. The van der Waals surface area contributed by atoms with Crippen molar-refractivity contribution in [3.05, 3.63) is 48.0 Å². The summed E-state index contributed by atoms with van der Waals surface area (Å²) in [7, 11) is 0. The van der Waals surface area contributed by atoms with E-state index in [1.165, 1.54) is 18.3 Å². The predicted octanol–water partition coefficient (Wildman–Crippen LogP) is 3.78. The van der Waals surface area contributed by atoms with E-state index in [9.17, 15) is 9.59 Å². The van der Waals surface area contributed by atoms with E-state index in [1.807, 2.05) is 19.1 Å². The number of hydrogen-bond acceptors (Lipinski definition) is 6. The number of carbonyl (C=O) groups is 2. The fraction of sp³-hybridized carbons (Fsp3) is 0.158.